The lowest BCUT2D eigenvalue weighted by molar-refractivity contribution is -0.153. The summed E-state index contributed by atoms with van der Waals surface area (Å²) in [7, 11) is 1.52. The summed E-state index contributed by atoms with van der Waals surface area (Å²) in [5.41, 5.74) is 0.167. The van der Waals surface area contributed by atoms with Crippen molar-refractivity contribution < 1.29 is 14.3 Å². The second-order valence-electron chi connectivity index (χ2n) is 8.91. The molecule has 132 valence electrons. The first-order valence-electron chi connectivity index (χ1n) is 9.47. The zero-order chi connectivity index (χ0) is 17.1. The smallest absolute Gasteiger partial charge is 0.309 e. The summed E-state index contributed by atoms with van der Waals surface area (Å²) in [4.78, 5) is 24.0. The van der Waals surface area contributed by atoms with Crippen LogP contribution in [0.15, 0.2) is 12.2 Å². The number of amides is 1. The maximum Gasteiger partial charge on any atom is 0.309 e. The van der Waals surface area contributed by atoms with Gasteiger partial charge in [0.1, 0.15) is 0 Å². The van der Waals surface area contributed by atoms with Gasteiger partial charge in [0.15, 0.2) is 0 Å². The van der Waals surface area contributed by atoms with Crippen LogP contribution < -0.4 is 5.32 Å². The molecular weight excluding hydrogens is 302 g/mol. The molecule has 1 N–H and O–H groups in total. The number of ether oxygens (including phenoxy) is 1. The molecule has 0 radical (unpaired) electrons. The van der Waals surface area contributed by atoms with E-state index in [-0.39, 0.29) is 34.7 Å². The van der Waals surface area contributed by atoms with Crippen molar-refractivity contribution in [2.24, 2.45) is 34.5 Å². The van der Waals surface area contributed by atoms with Crippen molar-refractivity contribution in [3.8, 4) is 0 Å². The van der Waals surface area contributed by atoms with Gasteiger partial charge in [-0.1, -0.05) is 19.9 Å². The van der Waals surface area contributed by atoms with E-state index < -0.39 is 0 Å². The molecule has 4 nitrogen and oxygen atoms in total. The molecule has 3 aliphatic carbocycles. The Labute approximate surface area is 144 Å². The highest BCUT2D eigenvalue weighted by atomic mass is 16.5. The van der Waals surface area contributed by atoms with Gasteiger partial charge in [-0.25, -0.2) is 0 Å². The first-order valence-corrected chi connectivity index (χ1v) is 9.47. The van der Waals surface area contributed by atoms with Crippen molar-refractivity contribution in [2.75, 3.05) is 7.11 Å². The van der Waals surface area contributed by atoms with Crippen LogP contribution in [0.4, 0.5) is 0 Å². The van der Waals surface area contributed by atoms with E-state index >= 15 is 0 Å². The second-order valence-corrected chi connectivity index (χ2v) is 8.91. The van der Waals surface area contributed by atoms with Crippen molar-refractivity contribution in [3.05, 3.63) is 12.2 Å². The van der Waals surface area contributed by atoms with Crippen LogP contribution in [-0.2, 0) is 14.3 Å². The number of hydrogen-bond acceptors (Lipinski definition) is 3. The molecule has 0 aromatic rings. The highest BCUT2D eigenvalue weighted by Gasteiger charge is 2.61. The van der Waals surface area contributed by atoms with Crippen LogP contribution in [0.3, 0.4) is 0 Å². The Morgan fingerprint density at radius 3 is 2.71 bits per heavy atom. The predicted molar refractivity (Wildman–Crippen MR) is 91.0 cm³/mol. The van der Waals surface area contributed by atoms with Crippen LogP contribution >= 0.6 is 0 Å². The van der Waals surface area contributed by atoms with Gasteiger partial charge in [-0.05, 0) is 67.8 Å². The quantitative estimate of drug-likeness (QED) is 0.751. The lowest BCUT2D eigenvalue weighted by atomic mass is 9.48. The number of esters is 1. The highest BCUT2D eigenvalue weighted by molar-refractivity contribution is 5.89. The number of carbonyl (C=O) groups excluding carboxylic acids is 2. The van der Waals surface area contributed by atoms with Gasteiger partial charge < -0.3 is 10.1 Å². The highest BCUT2D eigenvalue weighted by Crippen LogP contribution is 2.65. The zero-order valence-electron chi connectivity index (χ0n) is 15.0. The van der Waals surface area contributed by atoms with E-state index in [0.717, 1.165) is 32.1 Å². The monoisotopic (exact) mass is 331 g/mol. The molecule has 4 heteroatoms. The van der Waals surface area contributed by atoms with E-state index in [0.29, 0.717) is 17.8 Å². The predicted octanol–water partition coefficient (Wildman–Crippen LogP) is 3.07. The first kappa shape index (κ1) is 16.2. The standard InChI is InChI=1S/C20H29NO3/c1-19-10-8-14-12(13(19)5-6-15(19)18(23)24-3)4-7-16-20(14,2)11-9-17(22)21-16/h9,11-16H,4-8,10H2,1-3H3,(H,21,22)/t12-,13-,14-,15?,16+,19-,20+/m0/s1. The van der Waals surface area contributed by atoms with E-state index in [9.17, 15) is 9.59 Å². The fraction of sp³-hybridized carbons (Fsp3) is 0.800. The van der Waals surface area contributed by atoms with Crippen LogP contribution in [0.5, 0.6) is 0 Å². The molecule has 1 aliphatic heterocycles. The fourth-order valence-corrected chi connectivity index (χ4v) is 6.86. The minimum absolute atomic E-state index is 0.0110. The Morgan fingerprint density at radius 1 is 1.17 bits per heavy atom. The van der Waals surface area contributed by atoms with Crippen LogP contribution in [0, 0.1) is 34.5 Å². The fourth-order valence-electron chi connectivity index (χ4n) is 6.86. The normalized spacial score (nSPS) is 49.6. The van der Waals surface area contributed by atoms with Gasteiger partial charge in [-0.3, -0.25) is 9.59 Å². The van der Waals surface area contributed by atoms with Crippen molar-refractivity contribution in [1.29, 1.82) is 0 Å². The van der Waals surface area contributed by atoms with Gasteiger partial charge in [0, 0.05) is 11.5 Å². The van der Waals surface area contributed by atoms with Crippen molar-refractivity contribution in [1.82, 2.24) is 5.32 Å². The molecule has 1 heterocycles. The van der Waals surface area contributed by atoms with E-state index in [2.05, 4.69) is 25.2 Å². The molecule has 0 aromatic carbocycles. The van der Waals surface area contributed by atoms with E-state index in [1.54, 1.807) is 6.08 Å². The van der Waals surface area contributed by atoms with Crippen LogP contribution in [-0.4, -0.2) is 25.0 Å². The van der Waals surface area contributed by atoms with Gasteiger partial charge in [0.05, 0.1) is 13.0 Å². The summed E-state index contributed by atoms with van der Waals surface area (Å²) in [6.07, 6.45) is 10.5. The maximum absolute atomic E-state index is 12.3. The molecule has 3 saturated carbocycles. The zero-order valence-corrected chi connectivity index (χ0v) is 15.0. The Hall–Kier alpha value is -1.32. The maximum atomic E-state index is 12.3. The Bertz CT molecular complexity index is 600. The summed E-state index contributed by atoms with van der Waals surface area (Å²) in [6, 6.07) is 0.276. The lowest BCUT2D eigenvalue weighted by Crippen LogP contribution is -2.59. The minimum Gasteiger partial charge on any atom is -0.469 e. The third kappa shape index (κ3) is 2.04. The van der Waals surface area contributed by atoms with Gasteiger partial charge in [0.2, 0.25) is 5.91 Å². The molecule has 4 aliphatic rings. The van der Waals surface area contributed by atoms with E-state index in [1.807, 2.05) is 0 Å². The molecule has 0 saturated heterocycles. The van der Waals surface area contributed by atoms with Crippen LogP contribution in [0.1, 0.15) is 52.4 Å². The topological polar surface area (TPSA) is 55.4 Å². The van der Waals surface area contributed by atoms with Gasteiger partial charge in [0.25, 0.3) is 0 Å². The molecule has 1 unspecified atom stereocenters. The molecule has 0 spiro atoms. The molecule has 0 bridgehead atoms. The molecule has 4 rings (SSSR count). The SMILES string of the molecule is COC(=O)C1CC[C@H]2[C@@H]3CC[C@H]4NC(=O)C=C[C@]4(C)[C@H]3CC[C@]12C. The molecule has 7 atom stereocenters. The third-order valence-corrected chi connectivity index (χ3v) is 8.17. The summed E-state index contributed by atoms with van der Waals surface area (Å²) in [5.74, 6) is 2.01. The Balaban J connectivity index is 1.64. The summed E-state index contributed by atoms with van der Waals surface area (Å²) >= 11 is 0. The summed E-state index contributed by atoms with van der Waals surface area (Å²) in [5, 5.41) is 3.20. The van der Waals surface area contributed by atoms with Crippen molar-refractivity contribution in [2.45, 2.75) is 58.4 Å². The Kier molecular flexibility index (Phi) is 3.59. The summed E-state index contributed by atoms with van der Waals surface area (Å²) in [6.45, 7) is 4.66. The van der Waals surface area contributed by atoms with Crippen molar-refractivity contribution >= 4 is 11.9 Å². The average Bonchev–Trinajstić information content (AvgIpc) is 2.92. The van der Waals surface area contributed by atoms with Gasteiger partial charge in [-0.2, -0.15) is 0 Å². The number of nitrogens with one attached hydrogen (secondary N) is 1. The third-order valence-electron chi connectivity index (χ3n) is 8.17. The van der Waals surface area contributed by atoms with E-state index in [1.165, 1.54) is 13.5 Å². The Morgan fingerprint density at radius 2 is 1.96 bits per heavy atom. The van der Waals surface area contributed by atoms with Crippen LogP contribution in [0.25, 0.3) is 0 Å². The molecule has 1 amide bonds. The average molecular weight is 331 g/mol. The minimum atomic E-state index is -0.0110. The van der Waals surface area contributed by atoms with Gasteiger partial charge >= 0.3 is 5.97 Å². The first-order chi connectivity index (χ1) is 11.4. The second kappa shape index (κ2) is 5.34. The van der Waals surface area contributed by atoms with E-state index in [4.69, 9.17) is 4.74 Å². The number of rotatable bonds is 1. The molecular formula is C20H29NO3. The van der Waals surface area contributed by atoms with Crippen molar-refractivity contribution in [3.63, 3.8) is 0 Å². The molecule has 3 fully saturated rings. The largest absolute Gasteiger partial charge is 0.469 e. The molecule has 24 heavy (non-hydrogen) atoms. The number of methoxy groups -OCH3 is 1. The molecule has 0 aromatic heterocycles. The summed E-state index contributed by atoms with van der Waals surface area (Å²) < 4.78 is 5.10. The lowest BCUT2D eigenvalue weighted by Gasteiger charge is -2.58. The number of fused-ring (bicyclic) bond motifs is 5. The number of hydrogen-bond donors (Lipinski definition) is 1. The number of carbonyl (C=O) groups is 2. The van der Waals surface area contributed by atoms with Gasteiger partial charge in [-0.15, -0.1) is 0 Å². The van der Waals surface area contributed by atoms with Crippen LogP contribution in [0.2, 0.25) is 0 Å².